The van der Waals surface area contributed by atoms with Gasteiger partial charge in [0.1, 0.15) is 11.2 Å². The molecule has 0 radical (unpaired) electrons. The Morgan fingerprint density at radius 1 is 1.47 bits per heavy atom. The average molecular weight is 258 g/mol. The summed E-state index contributed by atoms with van der Waals surface area (Å²) in [5.74, 6) is 0.513. The normalized spacial score (nSPS) is 16.1. The summed E-state index contributed by atoms with van der Waals surface area (Å²) in [5.41, 5.74) is 0.938. The smallest absolute Gasteiger partial charge is 0.247 e. The summed E-state index contributed by atoms with van der Waals surface area (Å²) in [5, 5.41) is 9.26. The molecule has 2 rings (SSSR count). The van der Waals surface area contributed by atoms with E-state index in [1.165, 1.54) is 0 Å². The Balaban J connectivity index is 2.34. The molecule has 1 aliphatic carbocycles. The maximum absolute atomic E-state index is 12.5. The molecular weight excluding hydrogens is 240 g/mol. The second-order valence-corrected chi connectivity index (χ2v) is 5.09. The minimum absolute atomic E-state index is 0.134. The van der Waals surface area contributed by atoms with Crippen LogP contribution in [0.15, 0.2) is 18.2 Å². The van der Waals surface area contributed by atoms with E-state index < -0.39 is 5.41 Å². The van der Waals surface area contributed by atoms with Gasteiger partial charge in [-0.3, -0.25) is 4.79 Å². The standard InChI is InChI=1S/C15H18N2O2/c1-11-5-6-13(19-3)12(9-11)17(2)14(18)15(10-16)7-4-8-15/h5-6,9H,4,7-8H2,1-3H3. The Labute approximate surface area is 113 Å². The average Bonchev–Trinajstić information content (AvgIpc) is 2.37. The third kappa shape index (κ3) is 2.17. The van der Waals surface area contributed by atoms with E-state index in [1.807, 2.05) is 25.1 Å². The van der Waals surface area contributed by atoms with E-state index in [2.05, 4.69) is 6.07 Å². The van der Waals surface area contributed by atoms with Crippen molar-refractivity contribution in [3.63, 3.8) is 0 Å². The lowest BCUT2D eigenvalue weighted by atomic mass is 9.69. The molecule has 0 bridgehead atoms. The highest BCUT2D eigenvalue weighted by Crippen LogP contribution is 2.43. The summed E-state index contributed by atoms with van der Waals surface area (Å²) in [6.45, 7) is 1.96. The van der Waals surface area contributed by atoms with E-state index in [0.29, 0.717) is 24.3 Å². The van der Waals surface area contributed by atoms with Crippen molar-refractivity contribution in [1.82, 2.24) is 0 Å². The van der Waals surface area contributed by atoms with Crippen molar-refractivity contribution >= 4 is 11.6 Å². The van der Waals surface area contributed by atoms with Crippen LogP contribution in [0, 0.1) is 23.7 Å². The summed E-state index contributed by atoms with van der Waals surface area (Å²) in [7, 11) is 3.28. The van der Waals surface area contributed by atoms with Crippen LogP contribution in [0.4, 0.5) is 5.69 Å². The first-order chi connectivity index (χ1) is 9.04. The van der Waals surface area contributed by atoms with Crippen LogP contribution in [0.25, 0.3) is 0 Å². The molecule has 0 aromatic heterocycles. The zero-order chi connectivity index (χ0) is 14.0. The van der Waals surface area contributed by atoms with E-state index in [-0.39, 0.29) is 5.91 Å². The number of carbonyl (C=O) groups excluding carboxylic acids is 1. The lowest BCUT2D eigenvalue weighted by Crippen LogP contribution is -2.45. The quantitative estimate of drug-likeness (QED) is 0.837. The number of hydrogen-bond donors (Lipinski definition) is 0. The summed E-state index contributed by atoms with van der Waals surface area (Å²) in [6, 6.07) is 7.86. The number of rotatable bonds is 3. The van der Waals surface area contributed by atoms with Gasteiger partial charge in [-0.25, -0.2) is 0 Å². The number of aryl methyl sites for hydroxylation is 1. The fraction of sp³-hybridized carbons (Fsp3) is 0.467. The van der Waals surface area contributed by atoms with E-state index >= 15 is 0 Å². The lowest BCUT2D eigenvalue weighted by Gasteiger charge is -2.37. The molecule has 0 saturated heterocycles. The topological polar surface area (TPSA) is 53.3 Å². The molecule has 4 heteroatoms. The molecule has 0 N–H and O–H groups in total. The molecule has 19 heavy (non-hydrogen) atoms. The fourth-order valence-corrected chi connectivity index (χ4v) is 2.40. The van der Waals surface area contributed by atoms with Crippen LogP contribution in [0.1, 0.15) is 24.8 Å². The molecule has 4 nitrogen and oxygen atoms in total. The largest absolute Gasteiger partial charge is 0.495 e. The summed E-state index contributed by atoms with van der Waals surface area (Å²) in [4.78, 5) is 14.1. The molecular formula is C15H18N2O2. The SMILES string of the molecule is COc1ccc(C)cc1N(C)C(=O)C1(C#N)CCC1. The van der Waals surface area contributed by atoms with Crippen LogP contribution in [0.5, 0.6) is 5.75 Å². The highest BCUT2D eigenvalue weighted by Gasteiger charge is 2.46. The number of carbonyl (C=O) groups is 1. The van der Waals surface area contributed by atoms with Gasteiger partial charge in [0.25, 0.3) is 0 Å². The summed E-state index contributed by atoms with van der Waals surface area (Å²) in [6.07, 6.45) is 2.25. The number of anilines is 1. The van der Waals surface area contributed by atoms with Gasteiger partial charge in [-0.15, -0.1) is 0 Å². The van der Waals surface area contributed by atoms with E-state index in [4.69, 9.17) is 4.74 Å². The molecule has 0 aliphatic heterocycles. The third-order valence-electron chi connectivity index (χ3n) is 3.83. The minimum Gasteiger partial charge on any atom is -0.495 e. The predicted molar refractivity (Wildman–Crippen MR) is 73.0 cm³/mol. The van der Waals surface area contributed by atoms with Gasteiger partial charge in [0.05, 0.1) is 18.9 Å². The number of benzene rings is 1. The molecule has 0 heterocycles. The molecule has 1 aromatic carbocycles. The van der Waals surface area contributed by atoms with Gasteiger partial charge in [0, 0.05) is 7.05 Å². The van der Waals surface area contributed by atoms with Crippen molar-refractivity contribution in [3.8, 4) is 11.8 Å². The highest BCUT2D eigenvalue weighted by molar-refractivity contribution is 6.00. The van der Waals surface area contributed by atoms with Crippen LogP contribution in [-0.2, 0) is 4.79 Å². The number of ether oxygens (including phenoxy) is 1. The zero-order valence-corrected chi connectivity index (χ0v) is 11.6. The van der Waals surface area contributed by atoms with E-state index in [9.17, 15) is 10.1 Å². The van der Waals surface area contributed by atoms with Crippen molar-refractivity contribution < 1.29 is 9.53 Å². The zero-order valence-electron chi connectivity index (χ0n) is 11.6. The second kappa shape index (κ2) is 4.93. The third-order valence-corrected chi connectivity index (χ3v) is 3.83. The second-order valence-electron chi connectivity index (χ2n) is 5.09. The van der Waals surface area contributed by atoms with Crippen LogP contribution in [-0.4, -0.2) is 20.1 Å². The van der Waals surface area contributed by atoms with Crippen LogP contribution >= 0.6 is 0 Å². The van der Waals surface area contributed by atoms with Gasteiger partial charge in [-0.05, 0) is 43.9 Å². The molecule has 0 unspecified atom stereocenters. The minimum atomic E-state index is -0.830. The molecule has 0 atom stereocenters. The van der Waals surface area contributed by atoms with Gasteiger partial charge in [0.2, 0.25) is 5.91 Å². The van der Waals surface area contributed by atoms with E-state index in [1.54, 1.807) is 19.1 Å². The van der Waals surface area contributed by atoms with Crippen LogP contribution < -0.4 is 9.64 Å². The Bertz CT molecular complexity index is 542. The number of hydrogen-bond acceptors (Lipinski definition) is 3. The highest BCUT2D eigenvalue weighted by atomic mass is 16.5. The molecule has 0 spiro atoms. The fourth-order valence-electron chi connectivity index (χ4n) is 2.40. The molecule has 1 fully saturated rings. The van der Waals surface area contributed by atoms with Crippen molar-refractivity contribution in [2.75, 3.05) is 19.1 Å². The summed E-state index contributed by atoms with van der Waals surface area (Å²) < 4.78 is 5.29. The Morgan fingerprint density at radius 3 is 2.63 bits per heavy atom. The maximum Gasteiger partial charge on any atom is 0.247 e. The monoisotopic (exact) mass is 258 g/mol. The Kier molecular flexibility index (Phi) is 3.48. The first kappa shape index (κ1) is 13.4. The van der Waals surface area contributed by atoms with Gasteiger partial charge in [-0.2, -0.15) is 5.26 Å². The van der Waals surface area contributed by atoms with Crippen molar-refractivity contribution in [3.05, 3.63) is 23.8 Å². The molecule has 1 aliphatic rings. The number of nitriles is 1. The number of methoxy groups -OCH3 is 1. The Morgan fingerprint density at radius 2 is 2.16 bits per heavy atom. The number of amides is 1. The van der Waals surface area contributed by atoms with Crippen LogP contribution in [0.3, 0.4) is 0 Å². The van der Waals surface area contributed by atoms with E-state index in [0.717, 1.165) is 12.0 Å². The van der Waals surface area contributed by atoms with Crippen LogP contribution in [0.2, 0.25) is 0 Å². The van der Waals surface area contributed by atoms with Gasteiger partial charge < -0.3 is 9.64 Å². The predicted octanol–water partition coefficient (Wildman–Crippen LogP) is 2.66. The first-order valence-electron chi connectivity index (χ1n) is 6.38. The lowest BCUT2D eigenvalue weighted by molar-refractivity contribution is -0.128. The Hall–Kier alpha value is -2.02. The van der Waals surface area contributed by atoms with Gasteiger partial charge >= 0.3 is 0 Å². The van der Waals surface area contributed by atoms with Crippen molar-refractivity contribution in [2.24, 2.45) is 5.41 Å². The molecule has 1 aromatic rings. The molecule has 1 amide bonds. The maximum atomic E-state index is 12.5. The molecule has 100 valence electrons. The first-order valence-corrected chi connectivity index (χ1v) is 6.38. The molecule has 1 saturated carbocycles. The van der Waals surface area contributed by atoms with Gasteiger partial charge in [0.15, 0.2) is 0 Å². The van der Waals surface area contributed by atoms with Gasteiger partial charge in [-0.1, -0.05) is 6.07 Å². The van der Waals surface area contributed by atoms with Crippen molar-refractivity contribution in [2.45, 2.75) is 26.2 Å². The number of nitrogens with zero attached hydrogens (tertiary/aromatic N) is 2. The van der Waals surface area contributed by atoms with Crippen molar-refractivity contribution in [1.29, 1.82) is 5.26 Å². The summed E-state index contributed by atoms with van der Waals surface area (Å²) >= 11 is 0.